The Morgan fingerprint density at radius 2 is 1.79 bits per heavy atom. The maximum atomic E-state index is 12.7. The molecule has 3 rings (SSSR count). The van der Waals surface area contributed by atoms with E-state index in [1.807, 2.05) is 0 Å². The monoisotopic (exact) mass is 458 g/mol. The van der Waals surface area contributed by atoms with Gasteiger partial charge in [0.15, 0.2) is 10.9 Å². The van der Waals surface area contributed by atoms with Gasteiger partial charge in [0.25, 0.3) is 5.91 Å². The van der Waals surface area contributed by atoms with Crippen molar-refractivity contribution in [1.82, 2.24) is 5.32 Å². The van der Waals surface area contributed by atoms with Crippen LogP contribution in [0.2, 0.25) is 10.0 Å². The predicted molar refractivity (Wildman–Crippen MR) is 109 cm³/mol. The molecule has 29 heavy (non-hydrogen) atoms. The molecule has 0 unspecified atom stereocenters. The number of thiocarbonyl (C=S) groups is 1. The topological polar surface area (TPSA) is 54.3 Å². The van der Waals surface area contributed by atoms with Gasteiger partial charge in [0.05, 0.1) is 16.3 Å². The van der Waals surface area contributed by atoms with Crippen LogP contribution in [0.3, 0.4) is 0 Å². The van der Waals surface area contributed by atoms with Crippen LogP contribution in [0, 0.1) is 0 Å². The first-order chi connectivity index (χ1) is 13.6. The van der Waals surface area contributed by atoms with Crippen molar-refractivity contribution in [2.75, 3.05) is 5.32 Å². The van der Waals surface area contributed by atoms with Crippen LogP contribution in [-0.2, 0) is 6.18 Å². The molecule has 2 aromatic carbocycles. The molecule has 2 N–H and O–H groups in total. The SMILES string of the molecule is O=C(NC(=S)Nc1ccc(C(F)(F)F)cc1Cl)c1ccc(-c2cccc(Cl)c2)o1. The van der Waals surface area contributed by atoms with Crippen LogP contribution in [-0.4, -0.2) is 11.0 Å². The van der Waals surface area contributed by atoms with Gasteiger partial charge in [-0.15, -0.1) is 0 Å². The normalized spacial score (nSPS) is 11.2. The number of anilines is 1. The van der Waals surface area contributed by atoms with Crippen molar-refractivity contribution in [3.63, 3.8) is 0 Å². The lowest BCUT2D eigenvalue weighted by molar-refractivity contribution is -0.137. The van der Waals surface area contributed by atoms with E-state index in [4.69, 9.17) is 39.8 Å². The summed E-state index contributed by atoms with van der Waals surface area (Å²) < 4.78 is 43.6. The van der Waals surface area contributed by atoms with Crippen LogP contribution < -0.4 is 10.6 Å². The highest BCUT2D eigenvalue weighted by molar-refractivity contribution is 7.80. The Hall–Kier alpha value is -2.55. The summed E-state index contributed by atoms with van der Waals surface area (Å²) >= 11 is 16.8. The lowest BCUT2D eigenvalue weighted by Gasteiger charge is -2.12. The lowest BCUT2D eigenvalue weighted by Crippen LogP contribution is -2.34. The van der Waals surface area contributed by atoms with Gasteiger partial charge in [-0.1, -0.05) is 35.3 Å². The summed E-state index contributed by atoms with van der Waals surface area (Å²) in [6.07, 6.45) is -4.52. The minimum atomic E-state index is -4.52. The Labute approximate surface area is 178 Å². The zero-order valence-corrected chi connectivity index (χ0v) is 16.6. The number of hydrogen-bond donors (Lipinski definition) is 2. The molecule has 0 aliphatic rings. The molecule has 0 aliphatic carbocycles. The molecular formula is C19H11Cl2F3N2O2S. The number of nitrogens with one attached hydrogen (secondary N) is 2. The van der Waals surface area contributed by atoms with Crippen LogP contribution in [0.1, 0.15) is 16.1 Å². The summed E-state index contributed by atoms with van der Waals surface area (Å²) in [6.45, 7) is 0. The Bertz CT molecular complexity index is 1080. The van der Waals surface area contributed by atoms with Gasteiger partial charge >= 0.3 is 6.18 Å². The molecule has 10 heteroatoms. The molecule has 0 fully saturated rings. The van der Waals surface area contributed by atoms with Gasteiger partial charge in [-0.25, -0.2) is 0 Å². The van der Waals surface area contributed by atoms with Gasteiger partial charge in [0, 0.05) is 10.6 Å². The fourth-order valence-corrected chi connectivity index (χ4v) is 2.99. The third-order valence-electron chi connectivity index (χ3n) is 3.71. The molecule has 1 heterocycles. The van der Waals surface area contributed by atoms with E-state index in [2.05, 4.69) is 10.6 Å². The molecule has 0 saturated carbocycles. The zero-order valence-electron chi connectivity index (χ0n) is 14.3. The molecule has 0 spiro atoms. The fraction of sp³-hybridized carbons (Fsp3) is 0.0526. The van der Waals surface area contributed by atoms with Crippen LogP contribution >= 0.6 is 35.4 Å². The largest absolute Gasteiger partial charge is 0.451 e. The highest BCUT2D eigenvalue weighted by Crippen LogP contribution is 2.33. The highest BCUT2D eigenvalue weighted by atomic mass is 35.5. The third-order valence-corrected chi connectivity index (χ3v) is 4.46. The maximum absolute atomic E-state index is 12.7. The number of carbonyl (C=O) groups excluding carboxylic acids is 1. The number of carbonyl (C=O) groups is 1. The van der Waals surface area contributed by atoms with Crippen LogP contribution in [0.5, 0.6) is 0 Å². The minimum absolute atomic E-state index is 0.0114. The van der Waals surface area contributed by atoms with Crippen LogP contribution in [0.25, 0.3) is 11.3 Å². The van der Waals surface area contributed by atoms with E-state index in [1.165, 1.54) is 6.07 Å². The summed E-state index contributed by atoms with van der Waals surface area (Å²) in [4.78, 5) is 12.3. The highest BCUT2D eigenvalue weighted by Gasteiger charge is 2.31. The first-order valence-corrected chi connectivity index (χ1v) is 9.15. The van der Waals surface area contributed by atoms with Gasteiger partial charge in [0.1, 0.15) is 5.76 Å². The number of benzene rings is 2. The Kier molecular flexibility index (Phi) is 6.16. The molecule has 4 nitrogen and oxygen atoms in total. The molecule has 150 valence electrons. The van der Waals surface area contributed by atoms with Gasteiger partial charge in [0.2, 0.25) is 0 Å². The number of alkyl halides is 3. The Morgan fingerprint density at radius 1 is 1.03 bits per heavy atom. The van der Waals surface area contributed by atoms with Crippen molar-refractivity contribution in [2.45, 2.75) is 6.18 Å². The van der Waals surface area contributed by atoms with E-state index in [0.717, 1.165) is 18.2 Å². The molecule has 0 bridgehead atoms. The van der Waals surface area contributed by atoms with Gasteiger partial charge in [-0.2, -0.15) is 13.2 Å². The average molecular weight is 459 g/mol. The molecule has 1 amide bonds. The molecule has 1 aromatic heterocycles. The minimum Gasteiger partial charge on any atom is -0.451 e. The van der Waals surface area contributed by atoms with Gasteiger partial charge in [-0.3, -0.25) is 10.1 Å². The number of hydrogen-bond acceptors (Lipinski definition) is 3. The van der Waals surface area contributed by atoms with E-state index in [0.29, 0.717) is 16.3 Å². The van der Waals surface area contributed by atoms with Crippen molar-refractivity contribution in [2.24, 2.45) is 0 Å². The summed E-state index contributed by atoms with van der Waals surface area (Å²) in [5.41, 5.74) is -0.0926. The number of rotatable bonds is 3. The molecule has 0 aliphatic heterocycles. The van der Waals surface area contributed by atoms with E-state index < -0.39 is 17.6 Å². The molecule has 0 saturated heterocycles. The second-order valence-electron chi connectivity index (χ2n) is 5.77. The van der Waals surface area contributed by atoms with Crippen LogP contribution in [0.4, 0.5) is 18.9 Å². The maximum Gasteiger partial charge on any atom is 0.416 e. The predicted octanol–water partition coefficient (Wildman–Crippen LogP) is 6.40. The van der Waals surface area contributed by atoms with E-state index >= 15 is 0 Å². The Morgan fingerprint density at radius 3 is 2.45 bits per heavy atom. The molecule has 0 atom stereocenters. The average Bonchev–Trinajstić information content (AvgIpc) is 3.13. The Balaban J connectivity index is 1.66. The van der Waals surface area contributed by atoms with Gasteiger partial charge in [-0.05, 0) is 54.7 Å². The smallest absolute Gasteiger partial charge is 0.416 e. The number of amides is 1. The molecule has 0 radical (unpaired) electrons. The standard InChI is InChI=1S/C19H11Cl2F3N2O2S/c20-12-3-1-2-10(8-12)15-6-7-16(28-15)17(27)26-18(29)25-14-5-4-11(9-13(14)21)19(22,23)24/h1-9H,(H2,25,26,27,29). The van der Waals surface area contributed by atoms with Crippen molar-refractivity contribution in [3.8, 4) is 11.3 Å². The number of halogens is 5. The third kappa shape index (κ3) is 5.29. The first-order valence-electron chi connectivity index (χ1n) is 7.98. The van der Waals surface area contributed by atoms with Crippen molar-refractivity contribution >= 4 is 52.1 Å². The molecular weight excluding hydrogens is 448 g/mol. The van der Waals surface area contributed by atoms with Crippen molar-refractivity contribution in [3.05, 3.63) is 76.0 Å². The summed E-state index contributed by atoms with van der Waals surface area (Å²) in [6, 6.07) is 12.7. The van der Waals surface area contributed by atoms with E-state index in [-0.39, 0.29) is 21.6 Å². The lowest BCUT2D eigenvalue weighted by atomic mass is 10.2. The van der Waals surface area contributed by atoms with Gasteiger partial charge < -0.3 is 9.73 Å². The summed E-state index contributed by atoms with van der Waals surface area (Å²) in [7, 11) is 0. The van der Waals surface area contributed by atoms with Crippen molar-refractivity contribution < 1.29 is 22.4 Å². The zero-order chi connectivity index (χ0) is 21.2. The molecule has 3 aromatic rings. The van der Waals surface area contributed by atoms with Crippen LogP contribution in [0.15, 0.2) is 59.0 Å². The quantitative estimate of drug-likeness (QED) is 0.445. The first kappa shape index (κ1) is 21.2. The van der Waals surface area contributed by atoms with Crippen molar-refractivity contribution in [1.29, 1.82) is 0 Å². The second-order valence-corrected chi connectivity index (χ2v) is 7.03. The summed E-state index contributed by atoms with van der Waals surface area (Å²) in [5.74, 6) is -0.219. The second kappa shape index (κ2) is 8.44. The van der Waals surface area contributed by atoms with E-state index in [1.54, 1.807) is 30.3 Å². The summed E-state index contributed by atoms with van der Waals surface area (Å²) in [5, 5.41) is 5.12. The van der Waals surface area contributed by atoms with E-state index in [9.17, 15) is 18.0 Å². The fourth-order valence-electron chi connectivity index (χ4n) is 2.37. The number of furan rings is 1.